The van der Waals surface area contributed by atoms with Crippen molar-refractivity contribution < 1.29 is 14.3 Å². The third-order valence-electron chi connectivity index (χ3n) is 3.25. The number of aromatic nitrogens is 3. The maximum absolute atomic E-state index is 12.6. The molecule has 0 aliphatic carbocycles. The topological polar surface area (TPSA) is 65.7 Å². The van der Waals surface area contributed by atoms with E-state index in [4.69, 9.17) is 9.47 Å². The summed E-state index contributed by atoms with van der Waals surface area (Å²) in [5.41, 5.74) is 1.09. The second-order valence-electron chi connectivity index (χ2n) is 6.36. The molecular weight excluding hydrogens is 306 g/mol. The lowest BCUT2D eigenvalue weighted by molar-refractivity contribution is 0.00671. The van der Waals surface area contributed by atoms with Crippen molar-refractivity contribution in [1.82, 2.24) is 14.6 Å². The molecule has 2 aromatic heterocycles. The first kappa shape index (κ1) is 16.0. The number of carbonyl (C=O) groups excluding carboxylic acids is 1. The molecule has 0 saturated carbocycles. The maximum atomic E-state index is 12.6. The zero-order valence-electron chi connectivity index (χ0n) is 13.9. The Morgan fingerprint density at radius 3 is 2.62 bits per heavy atom. The quantitative estimate of drug-likeness (QED) is 0.689. The van der Waals surface area contributed by atoms with E-state index in [2.05, 4.69) is 10.1 Å². The normalized spacial score (nSPS) is 11.5. The molecule has 0 unspecified atom stereocenters. The Bertz CT molecular complexity index is 851. The summed E-state index contributed by atoms with van der Waals surface area (Å²) < 4.78 is 12.9. The van der Waals surface area contributed by atoms with Gasteiger partial charge in [0.25, 0.3) is 0 Å². The standard InChI is InChI=1S/C18H19N3O3/c1-18(2,3)24-17(22)15-14(9-10-21-16(15)19-12-20-21)23-11-13-7-5-4-6-8-13/h4-10,12H,11H2,1-3H3. The van der Waals surface area contributed by atoms with Gasteiger partial charge in [-0.2, -0.15) is 5.10 Å². The van der Waals surface area contributed by atoms with Crippen molar-refractivity contribution in [2.24, 2.45) is 0 Å². The van der Waals surface area contributed by atoms with E-state index in [0.29, 0.717) is 18.0 Å². The van der Waals surface area contributed by atoms with Gasteiger partial charge in [-0.3, -0.25) is 0 Å². The van der Waals surface area contributed by atoms with Crippen LogP contribution in [0.3, 0.4) is 0 Å². The first-order chi connectivity index (χ1) is 11.4. The molecule has 2 heterocycles. The largest absolute Gasteiger partial charge is 0.488 e. The van der Waals surface area contributed by atoms with Gasteiger partial charge in [-0.25, -0.2) is 14.3 Å². The molecule has 3 aromatic rings. The van der Waals surface area contributed by atoms with Crippen LogP contribution < -0.4 is 4.74 Å². The van der Waals surface area contributed by atoms with Gasteiger partial charge in [0.05, 0.1) is 0 Å². The van der Waals surface area contributed by atoms with Crippen molar-refractivity contribution in [1.29, 1.82) is 0 Å². The van der Waals surface area contributed by atoms with Crippen molar-refractivity contribution in [3.8, 4) is 5.75 Å². The summed E-state index contributed by atoms with van der Waals surface area (Å²) in [7, 11) is 0. The Labute approximate surface area is 140 Å². The van der Waals surface area contributed by atoms with Crippen molar-refractivity contribution in [2.45, 2.75) is 33.0 Å². The highest BCUT2D eigenvalue weighted by molar-refractivity contribution is 5.99. The molecule has 3 rings (SSSR count). The van der Waals surface area contributed by atoms with Gasteiger partial charge in [0.1, 0.15) is 29.8 Å². The molecule has 0 bridgehead atoms. The van der Waals surface area contributed by atoms with E-state index < -0.39 is 11.6 Å². The SMILES string of the molecule is CC(C)(C)OC(=O)c1c(OCc2ccccc2)ccn2ncnc12. The van der Waals surface area contributed by atoms with Gasteiger partial charge in [0.2, 0.25) is 0 Å². The third-order valence-corrected chi connectivity index (χ3v) is 3.25. The number of esters is 1. The number of rotatable bonds is 4. The summed E-state index contributed by atoms with van der Waals surface area (Å²) in [5, 5.41) is 4.06. The molecule has 24 heavy (non-hydrogen) atoms. The zero-order chi connectivity index (χ0) is 17.2. The lowest BCUT2D eigenvalue weighted by Crippen LogP contribution is -2.24. The molecule has 6 nitrogen and oxygen atoms in total. The van der Waals surface area contributed by atoms with Gasteiger partial charge in [-0.15, -0.1) is 0 Å². The van der Waals surface area contributed by atoms with Crippen LogP contribution in [0.15, 0.2) is 48.9 Å². The van der Waals surface area contributed by atoms with Crippen molar-refractivity contribution in [3.63, 3.8) is 0 Å². The lowest BCUT2D eigenvalue weighted by Gasteiger charge is -2.20. The number of hydrogen-bond donors (Lipinski definition) is 0. The summed E-state index contributed by atoms with van der Waals surface area (Å²) >= 11 is 0. The highest BCUT2D eigenvalue weighted by Crippen LogP contribution is 2.25. The van der Waals surface area contributed by atoms with Gasteiger partial charge >= 0.3 is 5.97 Å². The number of ether oxygens (including phenoxy) is 2. The minimum Gasteiger partial charge on any atom is -0.488 e. The number of hydrogen-bond acceptors (Lipinski definition) is 5. The highest BCUT2D eigenvalue weighted by Gasteiger charge is 2.25. The third kappa shape index (κ3) is 3.53. The van der Waals surface area contributed by atoms with Gasteiger partial charge in [-0.05, 0) is 32.4 Å². The summed E-state index contributed by atoms with van der Waals surface area (Å²) in [6.45, 7) is 5.80. The molecule has 0 N–H and O–H groups in total. The van der Waals surface area contributed by atoms with E-state index in [0.717, 1.165) is 5.56 Å². The number of pyridine rings is 1. The molecule has 0 fully saturated rings. The van der Waals surface area contributed by atoms with Crippen molar-refractivity contribution >= 4 is 11.6 Å². The van der Waals surface area contributed by atoms with Crippen LogP contribution in [0.2, 0.25) is 0 Å². The van der Waals surface area contributed by atoms with E-state index in [9.17, 15) is 4.79 Å². The fourth-order valence-corrected chi connectivity index (χ4v) is 2.25. The van der Waals surface area contributed by atoms with E-state index in [-0.39, 0.29) is 5.56 Å². The van der Waals surface area contributed by atoms with Crippen LogP contribution in [0.4, 0.5) is 0 Å². The fraction of sp³-hybridized carbons (Fsp3) is 0.278. The van der Waals surface area contributed by atoms with E-state index in [1.807, 2.05) is 51.1 Å². The predicted octanol–water partition coefficient (Wildman–Crippen LogP) is 3.26. The Balaban J connectivity index is 1.94. The first-order valence-corrected chi connectivity index (χ1v) is 7.66. The summed E-state index contributed by atoms with van der Waals surface area (Å²) in [6, 6.07) is 11.4. The molecular formula is C18H19N3O3. The molecule has 0 spiro atoms. The molecule has 1 aromatic carbocycles. The lowest BCUT2D eigenvalue weighted by atomic mass is 10.1. The van der Waals surface area contributed by atoms with E-state index in [1.54, 1.807) is 12.3 Å². The Morgan fingerprint density at radius 1 is 1.17 bits per heavy atom. The number of benzene rings is 1. The molecule has 0 aliphatic heterocycles. The summed E-state index contributed by atoms with van der Waals surface area (Å²) in [6.07, 6.45) is 3.10. The van der Waals surface area contributed by atoms with Gasteiger partial charge in [-0.1, -0.05) is 30.3 Å². The minimum absolute atomic E-state index is 0.279. The minimum atomic E-state index is -0.610. The van der Waals surface area contributed by atoms with Crippen LogP contribution in [-0.4, -0.2) is 26.2 Å². The monoisotopic (exact) mass is 325 g/mol. The highest BCUT2D eigenvalue weighted by atomic mass is 16.6. The Kier molecular flexibility index (Phi) is 4.20. The summed E-state index contributed by atoms with van der Waals surface area (Å²) in [4.78, 5) is 16.8. The first-order valence-electron chi connectivity index (χ1n) is 7.66. The average Bonchev–Trinajstić information content (AvgIpc) is 3.00. The van der Waals surface area contributed by atoms with Crippen LogP contribution in [0.1, 0.15) is 36.7 Å². The number of carbonyl (C=O) groups is 1. The molecule has 0 saturated heterocycles. The average molecular weight is 325 g/mol. The van der Waals surface area contributed by atoms with Crippen LogP contribution in [0.5, 0.6) is 5.75 Å². The molecule has 0 radical (unpaired) electrons. The maximum Gasteiger partial charge on any atom is 0.346 e. The molecule has 6 heteroatoms. The van der Waals surface area contributed by atoms with Gasteiger partial charge in [0.15, 0.2) is 5.65 Å². The number of fused-ring (bicyclic) bond motifs is 1. The van der Waals surface area contributed by atoms with Gasteiger partial charge in [0, 0.05) is 6.20 Å². The second kappa shape index (κ2) is 6.31. The molecule has 0 atom stereocenters. The zero-order valence-corrected chi connectivity index (χ0v) is 13.9. The predicted molar refractivity (Wildman–Crippen MR) is 88.9 cm³/mol. The number of nitrogens with zero attached hydrogens (tertiary/aromatic N) is 3. The van der Waals surface area contributed by atoms with Crippen LogP contribution in [0.25, 0.3) is 5.65 Å². The fourth-order valence-electron chi connectivity index (χ4n) is 2.25. The molecule has 124 valence electrons. The van der Waals surface area contributed by atoms with Crippen molar-refractivity contribution in [3.05, 3.63) is 60.0 Å². The molecule has 0 aliphatic rings. The molecule has 0 amide bonds. The Morgan fingerprint density at radius 2 is 1.92 bits per heavy atom. The van der Waals surface area contributed by atoms with Crippen LogP contribution in [-0.2, 0) is 11.3 Å². The smallest absolute Gasteiger partial charge is 0.346 e. The van der Waals surface area contributed by atoms with Crippen LogP contribution >= 0.6 is 0 Å². The second-order valence-corrected chi connectivity index (χ2v) is 6.36. The van der Waals surface area contributed by atoms with E-state index in [1.165, 1.54) is 10.8 Å². The van der Waals surface area contributed by atoms with E-state index >= 15 is 0 Å². The van der Waals surface area contributed by atoms with Crippen LogP contribution in [0, 0.1) is 0 Å². The van der Waals surface area contributed by atoms with Gasteiger partial charge < -0.3 is 9.47 Å². The summed E-state index contributed by atoms with van der Waals surface area (Å²) in [5.74, 6) is -0.0576. The Hall–Kier alpha value is -2.89. The van der Waals surface area contributed by atoms with Crippen molar-refractivity contribution in [2.75, 3.05) is 0 Å².